The summed E-state index contributed by atoms with van der Waals surface area (Å²) in [6.45, 7) is 0.568. The van der Waals surface area contributed by atoms with Gasteiger partial charge in [0.2, 0.25) is 0 Å². The van der Waals surface area contributed by atoms with Gasteiger partial charge in [0.1, 0.15) is 0 Å². The van der Waals surface area contributed by atoms with Crippen molar-refractivity contribution < 1.29 is 0 Å². The van der Waals surface area contributed by atoms with E-state index in [4.69, 9.17) is 0 Å². The molecule has 0 N–H and O–H groups in total. The molecule has 0 aliphatic rings. The van der Waals surface area contributed by atoms with Crippen LogP contribution in [0.2, 0.25) is 0 Å². The van der Waals surface area contributed by atoms with Gasteiger partial charge in [0.25, 0.3) is 5.56 Å². The van der Waals surface area contributed by atoms with E-state index in [1.54, 1.807) is 28.3 Å². The molecular formula is C13H10N2OS. The molecule has 84 valence electrons. The Hall–Kier alpha value is -1.94. The van der Waals surface area contributed by atoms with Crippen LogP contribution in [0.25, 0.3) is 10.1 Å². The molecule has 3 aromatic rings. The fourth-order valence-corrected chi connectivity index (χ4v) is 2.59. The summed E-state index contributed by atoms with van der Waals surface area (Å²) in [4.78, 5) is 16.2. The number of pyridine rings is 2. The molecule has 0 saturated heterocycles. The minimum absolute atomic E-state index is 0.0626. The second-order valence-electron chi connectivity index (χ2n) is 3.81. The van der Waals surface area contributed by atoms with E-state index in [-0.39, 0.29) is 5.56 Å². The molecule has 0 unspecified atom stereocenters. The molecule has 3 heterocycles. The van der Waals surface area contributed by atoms with Crippen molar-refractivity contribution in [2.75, 3.05) is 0 Å². The number of nitrogens with zero attached hydrogens (tertiary/aromatic N) is 2. The lowest BCUT2D eigenvalue weighted by atomic mass is 10.2. The summed E-state index contributed by atoms with van der Waals surface area (Å²) in [6, 6.07) is 7.71. The van der Waals surface area contributed by atoms with E-state index in [9.17, 15) is 4.79 Å². The summed E-state index contributed by atoms with van der Waals surface area (Å²) in [5, 5.41) is 2.74. The number of aromatic nitrogens is 2. The van der Waals surface area contributed by atoms with E-state index < -0.39 is 0 Å². The lowest BCUT2D eigenvalue weighted by Crippen LogP contribution is -2.19. The zero-order valence-electron chi connectivity index (χ0n) is 9.04. The lowest BCUT2D eigenvalue weighted by Gasteiger charge is -2.05. The van der Waals surface area contributed by atoms with Gasteiger partial charge >= 0.3 is 0 Å². The van der Waals surface area contributed by atoms with Gasteiger partial charge in [-0.25, -0.2) is 0 Å². The molecule has 0 saturated carbocycles. The van der Waals surface area contributed by atoms with Gasteiger partial charge in [-0.3, -0.25) is 9.78 Å². The Kier molecular flexibility index (Phi) is 2.49. The monoisotopic (exact) mass is 242 g/mol. The first-order chi connectivity index (χ1) is 8.34. The van der Waals surface area contributed by atoms with E-state index in [1.807, 2.05) is 35.8 Å². The van der Waals surface area contributed by atoms with Crippen LogP contribution in [0.15, 0.2) is 53.0 Å². The molecular weight excluding hydrogens is 232 g/mol. The Morgan fingerprint density at radius 2 is 2.24 bits per heavy atom. The molecule has 0 atom stereocenters. The van der Waals surface area contributed by atoms with Crippen molar-refractivity contribution in [3.63, 3.8) is 0 Å². The number of hydrogen-bond acceptors (Lipinski definition) is 3. The molecule has 17 heavy (non-hydrogen) atoms. The van der Waals surface area contributed by atoms with E-state index in [0.29, 0.717) is 6.54 Å². The first-order valence-electron chi connectivity index (χ1n) is 5.30. The molecule has 4 heteroatoms. The molecule has 3 nitrogen and oxygen atoms in total. The number of thiophene rings is 1. The average Bonchev–Trinajstić information content (AvgIpc) is 2.83. The van der Waals surface area contributed by atoms with Gasteiger partial charge in [0.15, 0.2) is 0 Å². The summed E-state index contributed by atoms with van der Waals surface area (Å²) < 4.78 is 2.75. The number of fused-ring (bicyclic) bond motifs is 1. The van der Waals surface area contributed by atoms with Crippen molar-refractivity contribution in [2.24, 2.45) is 0 Å². The third-order valence-electron chi connectivity index (χ3n) is 2.67. The number of hydrogen-bond donors (Lipinski definition) is 0. The van der Waals surface area contributed by atoms with Crippen molar-refractivity contribution in [1.82, 2.24) is 9.55 Å². The summed E-state index contributed by atoms with van der Waals surface area (Å²) in [5.41, 5.74) is 1.09. The molecule has 0 aliphatic heterocycles. The van der Waals surface area contributed by atoms with Crippen molar-refractivity contribution >= 4 is 21.4 Å². The summed E-state index contributed by atoms with van der Waals surface area (Å²) in [5.74, 6) is 0. The van der Waals surface area contributed by atoms with E-state index >= 15 is 0 Å². The topological polar surface area (TPSA) is 34.9 Å². The van der Waals surface area contributed by atoms with Gasteiger partial charge in [-0.15, -0.1) is 11.3 Å². The Morgan fingerprint density at radius 1 is 1.29 bits per heavy atom. The lowest BCUT2D eigenvalue weighted by molar-refractivity contribution is 0.765. The van der Waals surface area contributed by atoms with Gasteiger partial charge in [0, 0.05) is 23.3 Å². The standard InChI is InChI=1S/C13H10N2OS/c16-13-11-4-7-17-12(11)3-6-15(13)9-10-2-1-5-14-8-10/h1-8H,9H2. The maximum absolute atomic E-state index is 12.1. The molecule has 0 aliphatic carbocycles. The van der Waals surface area contributed by atoms with Crippen LogP contribution in [0.3, 0.4) is 0 Å². The van der Waals surface area contributed by atoms with Gasteiger partial charge in [-0.05, 0) is 29.1 Å². The zero-order valence-corrected chi connectivity index (χ0v) is 9.85. The third-order valence-corrected chi connectivity index (χ3v) is 3.55. The Bertz CT molecular complexity index is 700. The molecule has 0 bridgehead atoms. The SMILES string of the molecule is O=c1c2ccsc2ccn1Cc1cccnc1. The zero-order chi connectivity index (χ0) is 11.7. The highest BCUT2D eigenvalue weighted by Gasteiger charge is 2.03. The van der Waals surface area contributed by atoms with E-state index in [0.717, 1.165) is 15.6 Å². The van der Waals surface area contributed by atoms with Crippen molar-refractivity contribution in [2.45, 2.75) is 6.54 Å². The summed E-state index contributed by atoms with van der Waals surface area (Å²) in [6.07, 6.45) is 5.35. The Balaban J connectivity index is 2.07. The van der Waals surface area contributed by atoms with E-state index in [2.05, 4.69) is 4.98 Å². The van der Waals surface area contributed by atoms with Gasteiger partial charge in [-0.1, -0.05) is 6.07 Å². The summed E-state index contributed by atoms with van der Waals surface area (Å²) >= 11 is 1.59. The molecule has 0 spiro atoms. The molecule has 0 fully saturated rings. The minimum Gasteiger partial charge on any atom is -0.310 e. The van der Waals surface area contributed by atoms with Crippen LogP contribution in [-0.4, -0.2) is 9.55 Å². The first kappa shape index (κ1) is 10.2. The van der Waals surface area contributed by atoms with Crippen LogP contribution in [-0.2, 0) is 6.54 Å². The predicted octanol–water partition coefficient (Wildman–Crippen LogP) is 2.51. The van der Waals surface area contributed by atoms with Crippen LogP contribution in [0.5, 0.6) is 0 Å². The molecule has 3 aromatic heterocycles. The molecule has 3 rings (SSSR count). The fraction of sp³-hybridized carbons (Fsp3) is 0.0769. The maximum Gasteiger partial charge on any atom is 0.259 e. The highest BCUT2D eigenvalue weighted by atomic mass is 32.1. The maximum atomic E-state index is 12.1. The van der Waals surface area contributed by atoms with Crippen molar-refractivity contribution in [1.29, 1.82) is 0 Å². The van der Waals surface area contributed by atoms with Crippen LogP contribution in [0.1, 0.15) is 5.56 Å². The van der Waals surface area contributed by atoms with Crippen LogP contribution >= 0.6 is 11.3 Å². The second kappa shape index (κ2) is 4.14. The third kappa shape index (κ3) is 1.87. The highest BCUT2D eigenvalue weighted by Crippen LogP contribution is 2.16. The van der Waals surface area contributed by atoms with Gasteiger partial charge in [-0.2, -0.15) is 0 Å². The summed E-state index contributed by atoms with van der Waals surface area (Å²) in [7, 11) is 0. The molecule has 0 radical (unpaired) electrons. The first-order valence-corrected chi connectivity index (χ1v) is 6.18. The molecule has 0 amide bonds. The average molecular weight is 242 g/mol. The van der Waals surface area contributed by atoms with Crippen LogP contribution in [0.4, 0.5) is 0 Å². The normalized spacial score (nSPS) is 10.8. The smallest absolute Gasteiger partial charge is 0.259 e. The van der Waals surface area contributed by atoms with Gasteiger partial charge < -0.3 is 4.57 Å². The van der Waals surface area contributed by atoms with Crippen LogP contribution in [0, 0.1) is 0 Å². The van der Waals surface area contributed by atoms with Gasteiger partial charge in [0.05, 0.1) is 11.9 Å². The predicted molar refractivity (Wildman–Crippen MR) is 69.4 cm³/mol. The Morgan fingerprint density at radius 3 is 3.06 bits per heavy atom. The quantitative estimate of drug-likeness (QED) is 0.692. The van der Waals surface area contributed by atoms with Crippen LogP contribution < -0.4 is 5.56 Å². The second-order valence-corrected chi connectivity index (χ2v) is 4.76. The van der Waals surface area contributed by atoms with E-state index in [1.165, 1.54) is 0 Å². The number of rotatable bonds is 2. The highest BCUT2D eigenvalue weighted by molar-refractivity contribution is 7.17. The fourth-order valence-electron chi connectivity index (χ4n) is 1.82. The van der Waals surface area contributed by atoms with Crippen molar-refractivity contribution in [3.05, 3.63) is 64.2 Å². The minimum atomic E-state index is 0.0626. The largest absolute Gasteiger partial charge is 0.310 e. The molecule has 0 aromatic carbocycles. The Labute approximate surface area is 102 Å². The van der Waals surface area contributed by atoms with Crippen molar-refractivity contribution in [3.8, 4) is 0 Å².